The van der Waals surface area contributed by atoms with E-state index in [0.717, 1.165) is 21.8 Å². The van der Waals surface area contributed by atoms with Crippen LogP contribution in [0.4, 0.5) is 0 Å². The minimum Gasteiger partial charge on any atom is -0.481 e. The molecule has 48 heavy (non-hydrogen) atoms. The minimum atomic E-state index is -2.40. The molecule has 1 aromatic heterocycles. The molecule has 0 saturated heterocycles. The Kier molecular flexibility index (Phi) is 14.3. The summed E-state index contributed by atoms with van der Waals surface area (Å²) < 4.78 is 13.8. The van der Waals surface area contributed by atoms with E-state index in [4.69, 9.17) is 8.85 Å². The van der Waals surface area contributed by atoms with Crippen molar-refractivity contribution in [3.05, 3.63) is 45.5 Å². The molecule has 0 unspecified atom stereocenters. The van der Waals surface area contributed by atoms with Crippen LogP contribution in [-0.4, -0.2) is 61.9 Å². The van der Waals surface area contributed by atoms with Gasteiger partial charge in [0.2, 0.25) is 0 Å². The number of aliphatic hydroxyl groups is 1. The van der Waals surface area contributed by atoms with E-state index in [9.17, 15) is 19.8 Å². The van der Waals surface area contributed by atoms with E-state index < -0.39 is 46.1 Å². The number of carbonyl (C=O) groups is 2. The maximum atomic E-state index is 14.4. The number of carbonyl (C=O) groups excluding carboxylic acids is 1. The van der Waals surface area contributed by atoms with Crippen LogP contribution < -0.4 is 0 Å². The number of nitrogens with zero attached hydrogens (tertiary/aromatic N) is 1. The third-order valence-corrected chi connectivity index (χ3v) is 20.9. The number of aliphatic carboxylic acids is 1. The average Bonchev–Trinajstić information content (AvgIpc) is 3.34. The third kappa shape index (κ3) is 10.9. The highest BCUT2D eigenvalue weighted by Gasteiger charge is 2.56. The fourth-order valence-corrected chi connectivity index (χ4v) is 9.19. The lowest BCUT2D eigenvalue weighted by Crippen LogP contribution is -2.59. The zero-order valence-corrected chi connectivity index (χ0v) is 35.3. The Morgan fingerprint density at radius 3 is 2.21 bits per heavy atom. The van der Waals surface area contributed by atoms with E-state index in [1.807, 2.05) is 39.2 Å². The fraction of sp³-hybridized carbons (Fsp3) is 0.711. The van der Waals surface area contributed by atoms with E-state index in [0.29, 0.717) is 19.3 Å². The van der Waals surface area contributed by atoms with Crippen molar-refractivity contribution in [3.8, 4) is 0 Å². The van der Waals surface area contributed by atoms with E-state index in [1.165, 1.54) is 0 Å². The number of allylic oxidation sites excluding steroid dienone is 2. The van der Waals surface area contributed by atoms with Crippen LogP contribution in [-0.2, 0) is 18.4 Å². The molecule has 0 bridgehead atoms. The lowest BCUT2D eigenvalue weighted by molar-refractivity contribution is -0.154. The average molecular weight is 720 g/mol. The Hall–Kier alpha value is -1.70. The van der Waals surface area contributed by atoms with Gasteiger partial charge in [-0.15, -0.1) is 11.3 Å². The molecule has 7 nitrogen and oxygen atoms in total. The molecule has 1 aromatic rings. The molecule has 2 rings (SSSR count). The van der Waals surface area contributed by atoms with Crippen molar-refractivity contribution in [2.75, 3.05) is 0 Å². The van der Waals surface area contributed by atoms with Crippen LogP contribution in [0.5, 0.6) is 0 Å². The van der Waals surface area contributed by atoms with Gasteiger partial charge in [-0.1, -0.05) is 79.2 Å². The summed E-state index contributed by atoms with van der Waals surface area (Å²) in [5.74, 6) is -1.44. The Morgan fingerprint density at radius 1 is 1.12 bits per heavy atom. The molecule has 10 heteroatoms. The second kappa shape index (κ2) is 16.1. The smallest absolute Gasteiger partial charge is 0.305 e. The molecule has 1 aliphatic carbocycles. The fourth-order valence-electron chi connectivity index (χ4n) is 5.80. The predicted molar refractivity (Wildman–Crippen MR) is 205 cm³/mol. The predicted octanol–water partition coefficient (Wildman–Crippen LogP) is 9.99. The van der Waals surface area contributed by atoms with Crippen molar-refractivity contribution in [2.45, 2.75) is 156 Å². The normalized spacial score (nSPS) is 25.1. The zero-order chi connectivity index (χ0) is 37.0. The van der Waals surface area contributed by atoms with E-state index in [1.54, 1.807) is 11.3 Å². The first-order chi connectivity index (χ1) is 21.7. The molecule has 1 fully saturated rings. The van der Waals surface area contributed by atoms with Crippen LogP contribution in [0.25, 0.3) is 6.08 Å². The molecule has 1 aliphatic rings. The van der Waals surface area contributed by atoms with E-state index in [2.05, 4.69) is 97.9 Å². The van der Waals surface area contributed by atoms with Crippen LogP contribution in [0.15, 0.2) is 34.8 Å². The molecule has 6 atom stereocenters. The number of aromatic nitrogens is 1. The molecule has 0 radical (unpaired) electrons. The first kappa shape index (κ1) is 42.5. The molecular weight excluding hydrogens is 655 g/mol. The lowest BCUT2D eigenvalue weighted by atomic mass is 9.61. The van der Waals surface area contributed by atoms with Crippen molar-refractivity contribution < 1.29 is 28.7 Å². The number of hydrogen-bond donors (Lipinski definition) is 2. The summed E-state index contributed by atoms with van der Waals surface area (Å²) in [5.41, 5.74) is 1.91. The number of Topliss-reactive ketones (excluding diaryl/α,β-unsaturated/α-hetero) is 1. The van der Waals surface area contributed by atoms with Crippen molar-refractivity contribution in [3.63, 3.8) is 0 Å². The van der Waals surface area contributed by atoms with Gasteiger partial charge in [0.1, 0.15) is 5.78 Å². The molecule has 0 amide bonds. The number of carboxylic acid groups (broad SMARTS) is 1. The second-order valence-corrected chi connectivity index (χ2v) is 27.9. The zero-order valence-electron chi connectivity index (χ0n) is 32.5. The SMILES string of the molecule is C/C(=C/C[C@H](O)/C(C)=C/c1csc(C)n1)C/C=C\[C@@H]1C[C@@](C)([C@H](CC(=O)O)O[Si](C)(C)C(C)(C)C)C(=O)[C@H](C)[C@H]1O[Si](C)(C)C(C)(C)C. The first-order valence-electron chi connectivity index (χ1n) is 17.4. The summed E-state index contributed by atoms with van der Waals surface area (Å²) in [6.45, 7) is 31.5. The standard InChI is InChI=1S/C38H65NO6SSi2/c1-25(19-20-31(40)26(2)21-30-24-46-28(4)39-30)17-16-18-29-23-38(11,32(22-33(41)42)44-47(12,13)36(5,6)7)35(43)27(3)34(29)45-48(14,15)37(8,9)10/h16,18-19,21,24,27,29,31-32,34,40H,17,20,22-23H2,1-15H3,(H,41,42)/b18-16-,25-19-,26-21+/t27-,29-,31+,32+,34-,38+/m1/s1. The van der Waals surface area contributed by atoms with Crippen LogP contribution >= 0.6 is 11.3 Å². The van der Waals surface area contributed by atoms with Crippen molar-refractivity contribution in [1.82, 2.24) is 4.98 Å². The third-order valence-electron chi connectivity index (χ3n) is 11.2. The summed E-state index contributed by atoms with van der Waals surface area (Å²) in [6.07, 6.45) is 8.17. The summed E-state index contributed by atoms with van der Waals surface area (Å²) in [6, 6.07) is 0. The van der Waals surface area contributed by atoms with Crippen molar-refractivity contribution in [1.29, 1.82) is 0 Å². The summed E-state index contributed by atoms with van der Waals surface area (Å²) in [4.78, 5) is 31.1. The molecule has 0 aliphatic heterocycles. The molecule has 0 aromatic carbocycles. The highest BCUT2D eigenvalue weighted by molar-refractivity contribution is 7.09. The van der Waals surface area contributed by atoms with Gasteiger partial charge in [-0.3, -0.25) is 9.59 Å². The number of aryl methyl sites for hydroxylation is 1. The summed E-state index contributed by atoms with van der Waals surface area (Å²) >= 11 is 1.59. The quantitative estimate of drug-likeness (QED) is 0.146. The van der Waals surface area contributed by atoms with Crippen LogP contribution in [0.1, 0.15) is 106 Å². The van der Waals surface area contributed by atoms with Gasteiger partial charge in [-0.25, -0.2) is 4.98 Å². The first-order valence-corrected chi connectivity index (χ1v) is 24.1. The highest BCUT2D eigenvalue weighted by atomic mass is 32.1. The Morgan fingerprint density at radius 2 is 1.71 bits per heavy atom. The van der Waals surface area contributed by atoms with Gasteiger partial charge < -0.3 is 19.1 Å². The van der Waals surface area contributed by atoms with E-state index >= 15 is 0 Å². The van der Waals surface area contributed by atoms with Crippen molar-refractivity contribution in [2.24, 2.45) is 17.3 Å². The monoisotopic (exact) mass is 719 g/mol. The second-order valence-electron chi connectivity index (χ2n) is 17.4. The maximum absolute atomic E-state index is 14.4. The van der Waals surface area contributed by atoms with E-state index in [-0.39, 0.29) is 34.3 Å². The summed E-state index contributed by atoms with van der Waals surface area (Å²) in [7, 11) is -4.65. The number of carboxylic acids is 1. The minimum absolute atomic E-state index is 0.0297. The number of ketones is 1. The van der Waals surface area contributed by atoms with Crippen LogP contribution in [0, 0.1) is 24.2 Å². The Bertz CT molecular complexity index is 1370. The molecule has 2 N–H and O–H groups in total. The number of hydrogen-bond acceptors (Lipinski definition) is 7. The van der Waals surface area contributed by atoms with Gasteiger partial charge in [0.15, 0.2) is 16.6 Å². The van der Waals surface area contributed by atoms with Gasteiger partial charge >= 0.3 is 5.97 Å². The number of aliphatic hydroxyl groups excluding tert-OH is 1. The Labute approximate surface area is 297 Å². The topological polar surface area (TPSA) is 106 Å². The molecule has 0 spiro atoms. The lowest BCUT2D eigenvalue weighted by Gasteiger charge is -2.52. The van der Waals surface area contributed by atoms with Crippen LogP contribution in [0.3, 0.4) is 0 Å². The van der Waals surface area contributed by atoms with Gasteiger partial charge in [0, 0.05) is 17.2 Å². The van der Waals surface area contributed by atoms with Gasteiger partial charge in [-0.2, -0.15) is 0 Å². The van der Waals surface area contributed by atoms with Crippen LogP contribution in [0.2, 0.25) is 36.3 Å². The maximum Gasteiger partial charge on any atom is 0.305 e. The molecule has 272 valence electrons. The van der Waals surface area contributed by atoms with Crippen molar-refractivity contribution >= 4 is 45.8 Å². The largest absolute Gasteiger partial charge is 0.481 e. The van der Waals surface area contributed by atoms with Gasteiger partial charge in [-0.05, 0) is 87.9 Å². The highest BCUT2D eigenvalue weighted by Crippen LogP contribution is 2.50. The molecule has 1 saturated carbocycles. The molecular formula is C38H65NO6SSi2. The molecule has 1 heterocycles. The summed E-state index contributed by atoms with van der Waals surface area (Å²) in [5, 5.41) is 23.6. The van der Waals surface area contributed by atoms with Gasteiger partial charge in [0.05, 0.1) is 40.8 Å². The Balaban J connectivity index is 2.41. The van der Waals surface area contributed by atoms with Gasteiger partial charge in [0.25, 0.3) is 0 Å². The number of rotatable bonds is 14. The number of thiazole rings is 1.